The number of benzene rings is 3. The lowest BCUT2D eigenvalue weighted by molar-refractivity contribution is -0.114. The number of sulfonamides is 1. The van der Waals surface area contributed by atoms with E-state index in [4.69, 9.17) is 17.3 Å². The quantitative estimate of drug-likeness (QED) is 0.565. The van der Waals surface area contributed by atoms with E-state index in [-0.39, 0.29) is 21.8 Å². The standard InChI is InChI=1S/C22H20ClN3O4S/c1-15-6-12-18(13-7-15)31(29,30)26(17-10-8-16(23)9-11-17)14-21(27)25-20-5-3-2-4-19(20)22(24)28/h2-13H,14H2,1H3,(H2,24,28)(H,25,27). The van der Waals surface area contributed by atoms with E-state index < -0.39 is 28.4 Å². The number of carbonyl (C=O) groups excluding carboxylic acids is 2. The average molecular weight is 458 g/mol. The molecule has 160 valence electrons. The maximum atomic E-state index is 13.3. The Labute approximate surface area is 185 Å². The molecule has 0 aliphatic heterocycles. The molecule has 0 unspecified atom stereocenters. The average Bonchev–Trinajstić information content (AvgIpc) is 2.73. The highest BCUT2D eigenvalue weighted by Crippen LogP contribution is 2.26. The maximum absolute atomic E-state index is 13.3. The monoisotopic (exact) mass is 457 g/mol. The molecule has 0 saturated carbocycles. The van der Waals surface area contributed by atoms with Gasteiger partial charge in [-0.15, -0.1) is 0 Å². The summed E-state index contributed by atoms with van der Waals surface area (Å²) in [5.41, 5.74) is 6.83. The second-order valence-electron chi connectivity index (χ2n) is 6.76. The number of hydrogen-bond acceptors (Lipinski definition) is 4. The minimum absolute atomic E-state index is 0.0402. The molecule has 0 aliphatic rings. The van der Waals surface area contributed by atoms with E-state index in [1.54, 1.807) is 24.3 Å². The zero-order chi connectivity index (χ0) is 22.6. The molecule has 3 aromatic rings. The number of anilines is 2. The number of nitrogens with one attached hydrogen (secondary N) is 1. The van der Waals surface area contributed by atoms with Crippen LogP contribution in [0.25, 0.3) is 0 Å². The number of primary amides is 1. The molecule has 0 fully saturated rings. The Balaban J connectivity index is 1.96. The molecular weight excluding hydrogens is 438 g/mol. The van der Waals surface area contributed by atoms with Crippen LogP contribution < -0.4 is 15.4 Å². The van der Waals surface area contributed by atoms with E-state index >= 15 is 0 Å². The van der Waals surface area contributed by atoms with Crippen LogP contribution in [-0.4, -0.2) is 26.8 Å². The van der Waals surface area contributed by atoms with Gasteiger partial charge in [0.1, 0.15) is 6.54 Å². The fourth-order valence-electron chi connectivity index (χ4n) is 2.89. The summed E-state index contributed by atoms with van der Waals surface area (Å²) in [5, 5.41) is 2.99. The normalized spacial score (nSPS) is 11.0. The molecule has 9 heteroatoms. The summed E-state index contributed by atoms with van der Waals surface area (Å²) in [6.45, 7) is 1.32. The molecule has 0 aromatic heterocycles. The van der Waals surface area contributed by atoms with Crippen molar-refractivity contribution in [2.45, 2.75) is 11.8 Å². The topological polar surface area (TPSA) is 110 Å². The Hall–Kier alpha value is -3.36. The highest BCUT2D eigenvalue weighted by Gasteiger charge is 2.27. The molecule has 0 atom stereocenters. The second-order valence-corrected chi connectivity index (χ2v) is 9.06. The van der Waals surface area contributed by atoms with Crippen molar-refractivity contribution in [3.05, 3.63) is 88.9 Å². The van der Waals surface area contributed by atoms with Crippen molar-refractivity contribution < 1.29 is 18.0 Å². The lowest BCUT2D eigenvalue weighted by Gasteiger charge is -2.24. The van der Waals surface area contributed by atoms with Crippen LogP contribution in [0.2, 0.25) is 5.02 Å². The number of hydrogen-bond donors (Lipinski definition) is 2. The molecule has 3 N–H and O–H groups in total. The molecular formula is C22H20ClN3O4S. The Kier molecular flexibility index (Phi) is 6.62. The molecule has 0 saturated heterocycles. The smallest absolute Gasteiger partial charge is 0.264 e. The van der Waals surface area contributed by atoms with E-state index in [9.17, 15) is 18.0 Å². The van der Waals surface area contributed by atoms with Gasteiger partial charge in [0.15, 0.2) is 0 Å². The number of para-hydroxylation sites is 1. The number of rotatable bonds is 7. The predicted octanol–water partition coefficient (Wildman–Crippen LogP) is 3.58. The Morgan fingerprint density at radius 2 is 1.58 bits per heavy atom. The van der Waals surface area contributed by atoms with Gasteiger partial charge in [0.05, 0.1) is 21.8 Å². The molecule has 0 spiro atoms. The Morgan fingerprint density at radius 3 is 2.19 bits per heavy atom. The zero-order valence-corrected chi connectivity index (χ0v) is 18.2. The summed E-state index contributed by atoms with van der Waals surface area (Å²) in [5.74, 6) is -1.35. The van der Waals surface area contributed by atoms with Crippen molar-refractivity contribution in [1.29, 1.82) is 0 Å². The largest absolute Gasteiger partial charge is 0.366 e. The van der Waals surface area contributed by atoms with Crippen molar-refractivity contribution in [2.24, 2.45) is 5.73 Å². The van der Waals surface area contributed by atoms with Gasteiger partial charge in [-0.3, -0.25) is 13.9 Å². The third-order valence-corrected chi connectivity index (χ3v) is 6.52. The van der Waals surface area contributed by atoms with Gasteiger partial charge < -0.3 is 11.1 Å². The van der Waals surface area contributed by atoms with Crippen molar-refractivity contribution in [1.82, 2.24) is 0 Å². The van der Waals surface area contributed by atoms with Crippen molar-refractivity contribution >= 4 is 44.8 Å². The summed E-state index contributed by atoms with van der Waals surface area (Å²) >= 11 is 5.93. The van der Waals surface area contributed by atoms with Gasteiger partial charge in [-0.25, -0.2) is 8.42 Å². The number of nitrogens with zero attached hydrogens (tertiary/aromatic N) is 1. The van der Waals surface area contributed by atoms with Crippen LogP contribution in [0, 0.1) is 6.92 Å². The highest BCUT2D eigenvalue weighted by atomic mass is 35.5. The zero-order valence-electron chi connectivity index (χ0n) is 16.6. The summed E-state index contributed by atoms with van der Waals surface area (Å²) < 4.78 is 27.6. The van der Waals surface area contributed by atoms with Crippen LogP contribution in [0.15, 0.2) is 77.7 Å². The summed E-state index contributed by atoms with van der Waals surface area (Å²) in [6.07, 6.45) is 0. The van der Waals surface area contributed by atoms with Gasteiger partial charge in [0, 0.05) is 5.02 Å². The highest BCUT2D eigenvalue weighted by molar-refractivity contribution is 7.92. The van der Waals surface area contributed by atoms with Crippen LogP contribution in [0.4, 0.5) is 11.4 Å². The van der Waals surface area contributed by atoms with E-state index in [1.807, 2.05) is 6.92 Å². The number of carbonyl (C=O) groups is 2. The van der Waals surface area contributed by atoms with Crippen LogP contribution in [-0.2, 0) is 14.8 Å². The molecule has 0 radical (unpaired) electrons. The number of nitrogens with two attached hydrogens (primary N) is 1. The van der Waals surface area contributed by atoms with Crippen LogP contribution >= 0.6 is 11.6 Å². The molecule has 0 heterocycles. The van der Waals surface area contributed by atoms with E-state index in [2.05, 4.69) is 5.32 Å². The number of amides is 2. The molecule has 3 aromatic carbocycles. The molecule has 2 amide bonds. The fourth-order valence-corrected chi connectivity index (χ4v) is 4.43. The first-order valence-electron chi connectivity index (χ1n) is 9.22. The van der Waals surface area contributed by atoms with Crippen LogP contribution in [0.1, 0.15) is 15.9 Å². The first-order valence-corrected chi connectivity index (χ1v) is 11.0. The maximum Gasteiger partial charge on any atom is 0.264 e. The molecule has 0 bridgehead atoms. The molecule has 3 rings (SSSR count). The third kappa shape index (κ3) is 5.22. The lowest BCUT2D eigenvalue weighted by Crippen LogP contribution is -2.38. The summed E-state index contributed by atoms with van der Waals surface area (Å²) in [6, 6.07) is 18.6. The van der Waals surface area contributed by atoms with Crippen LogP contribution in [0.5, 0.6) is 0 Å². The third-order valence-electron chi connectivity index (χ3n) is 4.48. The van der Waals surface area contributed by atoms with Gasteiger partial charge in [-0.2, -0.15) is 0 Å². The van der Waals surface area contributed by atoms with Crippen molar-refractivity contribution in [3.63, 3.8) is 0 Å². The lowest BCUT2D eigenvalue weighted by atomic mass is 10.1. The predicted molar refractivity (Wildman–Crippen MR) is 121 cm³/mol. The van der Waals surface area contributed by atoms with Crippen LogP contribution in [0.3, 0.4) is 0 Å². The minimum Gasteiger partial charge on any atom is -0.366 e. The van der Waals surface area contributed by atoms with Crippen molar-refractivity contribution in [3.8, 4) is 0 Å². The minimum atomic E-state index is -4.06. The molecule has 7 nitrogen and oxygen atoms in total. The van der Waals surface area contributed by atoms with Gasteiger partial charge in [-0.1, -0.05) is 41.4 Å². The van der Waals surface area contributed by atoms with Gasteiger partial charge in [-0.05, 0) is 55.5 Å². The van der Waals surface area contributed by atoms with E-state index in [0.29, 0.717) is 5.02 Å². The second kappa shape index (κ2) is 9.20. The molecule has 0 aliphatic carbocycles. The molecule has 31 heavy (non-hydrogen) atoms. The SMILES string of the molecule is Cc1ccc(S(=O)(=O)N(CC(=O)Nc2ccccc2C(N)=O)c2ccc(Cl)cc2)cc1. The first kappa shape index (κ1) is 22.3. The van der Waals surface area contributed by atoms with E-state index in [1.165, 1.54) is 48.5 Å². The Morgan fingerprint density at radius 1 is 0.968 bits per heavy atom. The fraction of sp³-hybridized carbons (Fsp3) is 0.0909. The summed E-state index contributed by atoms with van der Waals surface area (Å²) in [4.78, 5) is 24.4. The van der Waals surface area contributed by atoms with Gasteiger partial charge in [0.2, 0.25) is 5.91 Å². The summed E-state index contributed by atoms with van der Waals surface area (Å²) in [7, 11) is -4.06. The van der Waals surface area contributed by atoms with Crippen molar-refractivity contribution in [2.75, 3.05) is 16.2 Å². The van der Waals surface area contributed by atoms with Gasteiger partial charge >= 0.3 is 0 Å². The first-order chi connectivity index (χ1) is 14.7. The van der Waals surface area contributed by atoms with E-state index in [0.717, 1.165) is 9.87 Å². The van der Waals surface area contributed by atoms with Gasteiger partial charge in [0.25, 0.3) is 15.9 Å². The number of aryl methyl sites for hydroxylation is 1. The number of halogens is 1. The Bertz CT molecular complexity index is 1210.